The Hall–Kier alpha value is -3.20. The van der Waals surface area contributed by atoms with Gasteiger partial charge in [-0.2, -0.15) is 0 Å². The van der Waals surface area contributed by atoms with Gasteiger partial charge >= 0.3 is 0 Å². The third kappa shape index (κ3) is 6.43. The van der Waals surface area contributed by atoms with E-state index in [9.17, 15) is 13.2 Å². The molecule has 0 aromatic heterocycles. The molecule has 5 rings (SSSR count). The molecule has 4 atom stereocenters. The molecule has 1 saturated heterocycles. The molecule has 1 aliphatic heterocycles. The summed E-state index contributed by atoms with van der Waals surface area (Å²) in [7, 11) is -1.99. The van der Waals surface area contributed by atoms with Crippen LogP contribution in [0, 0.1) is 0 Å². The van der Waals surface area contributed by atoms with Crippen molar-refractivity contribution < 1.29 is 17.9 Å². The molecule has 0 radical (unpaired) electrons. The van der Waals surface area contributed by atoms with Crippen LogP contribution in [0.1, 0.15) is 45.8 Å². The van der Waals surface area contributed by atoms with Gasteiger partial charge in [-0.25, -0.2) is 8.42 Å². The predicted octanol–water partition coefficient (Wildman–Crippen LogP) is 3.86. The highest BCUT2D eigenvalue weighted by molar-refractivity contribution is 7.92. The first-order valence-electron chi connectivity index (χ1n) is 13.1. The lowest BCUT2D eigenvalue weighted by molar-refractivity contribution is 0.0931. The fourth-order valence-corrected chi connectivity index (χ4v) is 5.63. The van der Waals surface area contributed by atoms with Gasteiger partial charge in [0.05, 0.1) is 24.7 Å². The van der Waals surface area contributed by atoms with Crippen molar-refractivity contribution in [3.05, 3.63) is 101 Å². The summed E-state index contributed by atoms with van der Waals surface area (Å²) in [5.41, 5.74) is 4.12. The predicted molar refractivity (Wildman–Crippen MR) is 150 cm³/mol. The number of nitrogens with one attached hydrogen (secondary N) is 2. The van der Waals surface area contributed by atoms with E-state index >= 15 is 0 Å². The topological polar surface area (TPSA) is 87.7 Å². The van der Waals surface area contributed by atoms with Crippen LogP contribution in [0.5, 0.6) is 0 Å². The first-order valence-corrected chi connectivity index (χ1v) is 15.0. The van der Waals surface area contributed by atoms with Crippen LogP contribution in [-0.4, -0.2) is 52.4 Å². The summed E-state index contributed by atoms with van der Waals surface area (Å²) in [6, 6.07) is 25.9. The summed E-state index contributed by atoms with van der Waals surface area (Å²) >= 11 is 0. The van der Waals surface area contributed by atoms with Gasteiger partial charge in [-0.1, -0.05) is 60.7 Å². The molecule has 0 bridgehead atoms. The van der Waals surface area contributed by atoms with Crippen molar-refractivity contribution in [2.45, 2.75) is 50.0 Å². The van der Waals surface area contributed by atoms with E-state index in [4.69, 9.17) is 4.74 Å². The van der Waals surface area contributed by atoms with Gasteiger partial charge in [-0.3, -0.25) is 9.10 Å². The van der Waals surface area contributed by atoms with Crippen LogP contribution in [0.3, 0.4) is 0 Å². The zero-order valence-electron chi connectivity index (χ0n) is 21.8. The molecule has 38 heavy (non-hydrogen) atoms. The molecule has 3 aromatic carbocycles. The Labute approximate surface area is 225 Å². The number of hydrogen-bond donors (Lipinski definition) is 2. The molecule has 1 heterocycles. The summed E-state index contributed by atoms with van der Waals surface area (Å²) in [5, 5.41) is 6.70. The maximum atomic E-state index is 13.4. The largest absolute Gasteiger partial charge is 0.373 e. The Morgan fingerprint density at radius 3 is 2.45 bits per heavy atom. The highest BCUT2D eigenvalue weighted by Gasteiger charge is 2.39. The van der Waals surface area contributed by atoms with Gasteiger partial charge in [0.2, 0.25) is 10.0 Å². The van der Waals surface area contributed by atoms with E-state index in [1.807, 2.05) is 42.5 Å². The zero-order chi connectivity index (χ0) is 26.7. The maximum Gasteiger partial charge on any atom is 0.251 e. The maximum absolute atomic E-state index is 13.4. The fourth-order valence-electron chi connectivity index (χ4n) is 5.15. The summed E-state index contributed by atoms with van der Waals surface area (Å²) in [6.45, 7) is 1.14. The number of ether oxygens (including phenoxy) is 1. The molecule has 2 fully saturated rings. The van der Waals surface area contributed by atoms with E-state index in [0.717, 1.165) is 37.6 Å². The van der Waals surface area contributed by atoms with Crippen molar-refractivity contribution in [1.29, 1.82) is 0 Å². The molecule has 8 heteroatoms. The Morgan fingerprint density at radius 1 is 1.03 bits per heavy atom. The average Bonchev–Trinajstić information content (AvgIpc) is 3.58. The molecule has 2 aliphatic rings. The Balaban J connectivity index is 1.30. The number of carbonyl (C=O) groups is 1. The van der Waals surface area contributed by atoms with Gasteiger partial charge in [0.25, 0.3) is 5.91 Å². The summed E-state index contributed by atoms with van der Waals surface area (Å²) < 4.78 is 31.9. The minimum atomic E-state index is -3.49. The normalized spacial score (nSPS) is 22.7. The molecule has 7 nitrogen and oxygen atoms in total. The highest BCUT2D eigenvalue weighted by Crippen LogP contribution is 2.43. The third-order valence-corrected chi connectivity index (χ3v) is 8.69. The van der Waals surface area contributed by atoms with Crippen molar-refractivity contribution >= 4 is 21.6 Å². The third-order valence-electron chi connectivity index (χ3n) is 7.49. The molecular formula is C30H35N3O4S. The molecule has 3 aromatic rings. The lowest BCUT2D eigenvalue weighted by atomic mass is 10.00. The first kappa shape index (κ1) is 26.4. The number of hydrogen-bond acceptors (Lipinski definition) is 5. The van der Waals surface area contributed by atoms with Crippen LogP contribution in [0.2, 0.25) is 0 Å². The van der Waals surface area contributed by atoms with E-state index in [1.54, 1.807) is 12.1 Å². The average molecular weight is 534 g/mol. The molecular weight excluding hydrogens is 498 g/mol. The van der Waals surface area contributed by atoms with E-state index in [1.165, 1.54) is 22.5 Å². The van der Waals surface area contributed by atoms with Gasteiger partial charge in [0.1, 0.15) is 0 Å². The van der Waals surface area contributed by atoms with Crippen LogP contribution in [-0.2, 0) is 27.8 Å². The fraction of sp³-hybridized carbons (Fsp3) is 0.367. The van der Waals surface area contributed by atoms with Gasteiger partial charge in [-0.05, 0) is 60.7 Å². The Kier molecular flexibility index (Phi) is 7.83. The number of anilines is 1. The van der Waals surface area contributed by atoms with Gasteiger partial charge in [-0.15, -0.1) is 0 Å². The van der Waals surface area contributed by atoms with Crippen LogP contribution < -0.4 is 14.9 Å². The Morgan fingerprint density at radius 2 is 1.74 bits per heavy atom. The van der Waals surface area contributed by atoms with E-state index in [2.05, 4.69) is 34.9 Å². The standard InChI is InChI=1S/C30H35N3O4S/c1-33(38(2,35)36)25-16-22(20-37-29-19-26(29)23-11-7-4-8-12-23)15-24(18-25)30(34)32-27-13-14-31-28(27)17-21-9-5-3-6-10-21/h3-12,15-16,18,26-29,31H,13-14,17,19-20H2,1-2H3,(H,32,34)/t26?,27?,28-,29?/m0/s1. The monoisotopic (exact) mass is 533 g/mol. The van der Waals surface area contributed by atoms with Crippen LogP contribution >= 0.6 is 0 Å². The molecule has 1 amide bonds. The van der Waals surface area contributed by atoms with Crippen molar-refractivity contribution in [2.24, 2.45) is 0 Å². The van der Waals surface area contributed by atoms with Gasteiger partial charge in [0.15, 0.2) is 0 Å². The molecule has 1 aliphatic carbocycles. The number of benzene rings is 3. The Bertz CT molecular complexity index is 1360. The highest BCUT2D eigenvalue weighted by atomic mass is 32.2. The number of nitrogens with zero attached hydrogens (tertiary/aromatic N) is 1. The first-order chi connectivity index (χ1) is 18.3. The summed E-state index contributed by atoms with van der Waals surface area (Å²) in [4.78, 5) is 13.4. The number of carbonyl (C=O) groups excluding carboxylic acids is 1. The second-order valence-electron chi connectivity index (χ2n) is 10.3. The molecule has 2 N–H and O–H groups in total. The SMILES string of the molecule is CN(c1cc(COC2CC2c2ccccc2)cc(C(=O)NC2CCN[C@H]2Cc2ccccc2)c1)S(C)(=O)=O. The van der Waals surface area contributed by atoms with Gasteiger partial charge < -0.3 is 15.4 Å². The van der Waals surface area contributed by atoms with Crippen LogP contribution in [0.4, 0.5) is 5.69 Å². The van der Waals surface area contributed by atoms with Crippen molar-refractivity contribution in [3.63, 3.8) is 0 Å². The number of amides is 1. The minimum absolute atomic E-state index is 0.0169. The smallest absolute Gasteiger partial charge is 0.251 e. The van der Waals surface area contributed by atoms with Crippen LogP contribution in [0.25, 0.3) is 0 Å². The van der Waals surface area contributed by atoms with Crippen LogP contribution in [0.15, 0.2) is 78.9 Å². The number of rotatable bonds is 10. The van der Waals surface area contributed by atoms with Gasteiger partial charge in [0, 0.05) is 30.6 Å². The van der Waals surface area contributed by atoms with Crippen molar-refractivity contribution in [1.82, 2.24) is 10.6 Å². The summed E-state index contributed by atoms with van der Waals surface area (Å²) in [5.74, 6) is 0.160. The second-order valence-corrected chi connectivity index (χ2v) is 12.4. The van der Waals surface area contributed by atoms with E-state index < -0.39 is 10.0 Å². The zero-order valence-corrected chi connectivity index (χ0v) is 22.7. The number of sulfonamides is 1. The molecule has 200 valence electrons. The second kappa shape index (κ2) is 11.3. The minimum Gasteiger partial charge on any atom is -0.373 e. The molecule has 0 spiro atoms. The molecule has 3 unspecified atom stereocenters. The van der Waals surface area contributed by atoms with Crippen molar-refractivity contribution in [3.8, 4) is 0 Å². The molecule has 1 saturated carbocycles. The summed E-state index contributed by atoms with van der Waals surface area (Å²) in [6.07, 6.45) is 3.89. The van der Waals surface area contributed by atoms with E-state index in [0.29, 0.717) is 23.8 Å². The lowest BCUT2D eigenvalue weighted by Crippen LogP contribution is -2.44. The van der Waals surface area contributed by atoms with E-state index in [-0.39, 0.29) is 24.1 Å². The quantitative estimate of drug-likeness (QED) is 0.413. The van der Waals surface area contributed by atoms with Crippen molar-refractivity contribution in [2.75, 3.05) is 24.2 Å². The lowest BCUT2D eigenvalue weighted by Gasteiger charge is -2.22.